The fourth-order valence-electron chi connectivity index (χ4n) is 3.68. The SMILES string of the molecule is O=C(CCn1c(=O)oc2cc(Cl)ccc21)N1C[C@H]2CNC[C@H]2C1. The lowest BCUT2D eigenvalue weighted by molar-refractivity contribution is -0.130. The number of fused-ring (bicyclic) bond motifs is 2. The minimum atomic E-state index is -0.447. The summed E-state index contributed by atoms with van der Waals surface area (Å²) < 4.78 is 6.69. The van der Waals surface area contributed by atoms with Crippen LogP contribution in [-0.2, 0) is 11.3 Å². The molecule has 0 bridgehead atoms. The summed E-state index contributed by atoms with van der Waals surface area (Å²) in [6, 6.07) is 5.08. The van der Waals surface area contributed by atoms with Gasteiger partial charge in [0.15, 0.2) is 5.58 Å². The van der Waals surface area contributed by atoms with Crippen molar-refractivity contribution in [1.29, 1.82) is 0 Å². The molecule has 1 amide bonds. The van der Waals surface area contributed by atoms with E-state index in [4.69, 9.17) is 16.0 Å². The van der Waals surface area contributed by atoms with E-state index in [0.29, 0.717) is 40.9 Å². The van der Waals surface area contributed by atoms with Crippen molar-refractivity contribution in [2.75, 3.05) is 26.2 Å². The van der Waals surface area contributed by atoms with Crippen LogP contribution >= 0.6 is 11.6 Å². The third-order valence-corrected chi connectivity index (χ3v) is 5.16. The minimum Gasteiger partial charge on any atom is -0.408 e. The predicted molar refractivity (Wildman–Crippen MR) is 86.5 cm³/mol. The third kappa shape index (κ3) is 2.66. The Kier molecular flexibility index (Phi) is 3.66. The molecule has 0 spiro atoms. The highest BCUT2D eigenvalue weighted by atomic mass is 35.5. The molecular formula is C16H18ClN3O3. The fourth-order valence-corrected chi connectivity index (χ4v) is 3.84. The van der Waals surface area contributed by atoms with Crippen molar-refractivity contribution >= 4 is 28.6 Å². The highest BCUT2D eigenvalue weighted by Crippen LogP contribution is 2.26. The monoisotopic (exact) mass is 335 g/mol. The molecule has 3 heterocycles. The van der Waals surface area contributed by atoms with Crippen molar-refractivity contribution in [3.05, 3.63) is 33.8 Å². The molecule has 6 nitrogen and oxygen atoms in total. The molecule has 2 fully saturated rings. The Balaban J connectivity index is 1.46. The number of benzene rings is 1. The highest BCUT2D eigenvalue weighted by Gasteiger charge is 2.37. The van der Waals surface area contributed by atoms with E-state index < -0.39 is 5.76 Å². The summed E-state index contributed by atoms with van der Waals surface area (Å²) in [6.07, 6.45) is 0.310. The van der Waals surface area contributed by atoms with E-state index in [9.17, 15) is 9.59 Å². The number of hydrogen-bond acceptors (Lipinski definition) is 4. The second-order valence-electron chi connectivity index (χ2n) is 6.36. The number of aromatic nitrogens is 1. The molecule has 7 heteroatoms. The van der Waals surface area contributed by atoms with Crippen LogP contribution in [0.15, 0.2) is 27.4 Å². The summed E-state index contributed by atoms with van der Waals surface area (Å²) in [6.45, 7) is 3.98. The molecule has 122 valence electrons. The van der Waals surface area contributed by atoms with Gasteiger partial charge in [-0.2, -0.15) is 0 Å². The minimum absolute atomic E-state index is 0.106. The molecule has 0 aliphatic carbocycles. The van der Waals surface area contributed by atoms with Gasteiger partial charge in [-0.15, -0.1) is 0 Å². The van der Waals surface area contributed by atoms with Crippen LogP contribution in [0.5, 0.6) is 0 Å². The van der Waals surface area contributed by atoms with Crippen LogP contribution in [0, 0.1) is 11.8 Å². The number of carbonyl (C=O) groups excluding carboxylic acids is 1. The molecule has 23 heavy (non-hydrogen) atoms. The third-order valence-electron chi connectivity index (χ3n) is 4.92. The Labute approximate surface area is 138 Å². The average molecular weight is 336 g/mol. The molecule has 2 saturated heterocycles. The first-order chi connectivity index (χ1) is 11.1. The maximum atomic E-state index is 12.4. The Hall–Kier alpha value is -1.79. The topological polar surface area (TPSA) is 67.5 Å². The van der Waals surface area contributed by atoms with Crippen LogP contribution in [0.3, 0.4) is 0 Å². The first-order valence-corrected chi connectivity index (χ1v) is 8.27. The van der Waals surface area contributed by atoms with E-state index in [-0.39, 0.29) is 5.91 Å². The van der Waals surface area contributed by atoms with Gasteiger partial charge in [0.25, 0.3) is 0 Å². The molecule has 2 aliphatic heterocycles. The molecular weight excluding hydrogens is 318 g/mol. The zero-order chi connectivity index (χ0) is 16.0. The number of nitrogens with zero attached hydrogens (tertiary/aromatic N) is 2. The molecule has 0 radical (unpaired) electrons. The molecule has 2 aromatic rings. The first kappa shape index (κ1) is 14.8. The van der Waals surface area contributed by atoms with Crippen LogP contribution < -0.4 is 11.1 Å². The van der Waals surface area contributed by atoms with Crippen molar-refractivity contribution < 1.29 is 9.21 Å². The molecule has 1 aromatic carbocycles. The van der Waals surface area contributed by atoms with Gasteiger partial charge < -0.3 is 14.6 Å². The number of halogens is 1. The number of oxazole rings is 1. The maximum Gasteiger partial charge on any atom is 0.419 e. The van der Waals surface area contributed by atoms with Gasteiger partial charge >= 0.3 is 5.76 Å². The largest absolute Gasteiger partial charge is 0.419 e. The zero-order valence-electron chi connectivity index (χ0n) is 12.6. The van der Waals surface area contributed by atoms with Gasteiger partial charge in [-0.1, -0.05) is 11.6 Å². The number of aryl methyl sites for hydroxylation is 1. The molecule has 0 unspecified atom stereocenters. The quantitative estimate of drug-likeness (QED) is 0.918. The smallest absolute Gasteiger partial charge is 0.408 e. The average Bonchev–Trinajstić information content (AvgIpc) is 3.16. The van der Waals surface area contributed by atoms with E-state index in [0.717, 1.165) is 26.2 Å². The summed E-state index contributed by atoms with van der Waals surface area (Å²) >= 11 is 5.90. The standard InChI is InChI=1S/C16H18ClN3O3/c17-12-1-2-13-14(5-12)23-16(22)20(13)4-3-15(21)19-8-10-6-18-7-11(10)9-19/h1-2,5,10-11,18H,3-4,6-9H2/t10-,11+. The van der Waals surface area contributed by atoms with Crippen molar-refractivity contribution in [2.45, 2.75) is 13.0 Å². The molecule has 1 N–H and O–H groups in total. The molecule has 0 saturated carbocycles. The van der Waals surface area contributed by atoms with Gasteiger partial charge in [-0.05, 0) is 24.0 Å². The van der Waals surface area contributed by atoms with Crippen molar-refractivity contribution in [3.63, 3.8) is 0 Å². The van der Waals surface area contributed by atoms with Gasteiger partial charge in [0.1, 0.15) is 0 Å². The predicted octanol–water partition coefficient (Wildman–Crippen LogP) is 1.32. The lowest BCUT2D eigenvalue weighted by atomic mass is 10.0. The van der Waals surface area contributed by atoms with Crippen molar-refractivity contribution in [3.8, 4) is 0 Å². The van der Waals surface area contributed by atoms with Gasteiger partial charge in [0.05, 0.1) is 5.52 Å². The Morgan fingerprint density at radius 2 is 2.04 bits per heavy atom. The lowest BCUT2D eigenvalue weighted by Gasteiger charge is -2.17. The summed E-state index contributed by atoms with van der Waals surface area (Å²) in [5.74, 6) is 0.823. The van der Waals surface area contributed by atoms with E-state index in [1.54, 1.807) is 18.2 Å². The highest BCUT2D eigenvalue weighted by molar-refractivity contribution is 6.31. The summed E-state index contributed by atoms with van der Waals surface area (Å²) in [4.78, 5) is 26.3. The Morgan fingerprint density at radius 1 is 1.30 bits per heavy atom. The van der Waals surface area contributed by atoms with E-state index >= 15 is 0 Å². The maximum absolute atomic E-state index is 12.4. The number of hydrogen-bond donors (Lipinski definition) is 1. The van der Waals surface area contributed by atoms with Gasteiger partial charge in [-0.3, -0.25) is 9.36 Å². The van der Waals surface area contributed by atoms with Crippen molar-refractivity contribution in [2.24, 2.45) is 11.8 Å². The van der Waals surface area contributed by atoms with Crippen LogP contribution in [0.1, 0.15) is 6.42 Å². The van der Waals surface area contributed by atoms with Crippen LogP contribution in [-0.4, -0.2) is 41.6 Å². The molecule has 1 aromatic heterocycles. The van der Waals surface area contributed by atoms with Gasteiger partial charge in [0, 0.05) is 50.2 Å². The van der Waals surface area contributed by atoms with E-state index in [2.05, 4.69) is 5.32 Å². The number of carbonyl (C=O) groups is 1. The second-order valence-corrected chi connectivity index (χ2v) is 6.80. The van der Waals surface area contributed by atoms with Crippen molar-refractivity contribution in [1.82, 2.24) is 14.8 Å². The second kappa shape index (κ2) is 5.69. The summed E-state index contributed by atoms with van der Waals surface area (Å²) in [5, 5.41) is 3.88. The number of likely N-dealkylation sites (tertiary alicyclic amines) is 1. The number of rotatable bonds is 3. The normalized spacial score (nSPS) is 23.6. The summed E-state index contributed by atoms with van der Waals surface area (Å²) in [7, 11) is 0. The Morgan fingerprint density at radius 3 is 2.78 bits per heavy atom. The number of amides is 1. The van der Waals surface area contributed by atoms with Gasteiger partial charge in [0.2, 0.25) is 5.91 Å². The Bertz CT molecular complexity index is 800. The zero-order valence-corrected chi connectivity index (χ0v) is 13.4. The van der Waals surface area contributed by atoms with Crippen LogP contribution in [0.4, 0.5) is 0 Å². The molecule has 2 atom stereocenters. The first-order valence-electron chi connectivity index (χ1n) is 7.89. The van der Waals surface area contributed by atoms with Gasteiger partial charge in [-0.25, -0.2) is 4.79 Å². The van der Waals surface area contributed by atoms with E-state index in [1.807, 2.05) is 4.90 Å². The van der Waals surface area contributed by atoms with Crippen LogP contribution in [0.25, 0.3) is 11.1 Å². The lowest BCUT2D eigenvalue weighted by Crippen LogP contribution is -2.33. The fraction of sp³-hybridized carbons (Fsp3) is 0.500. The van der Waals surface area contributed by atoms with Crippen LogP contribution in [0.2, 0.25) is 5.02 Å². The molecule has 2 aliphatic rings. The molecule has 4 rings (SSSR count). The summed E-state index contributed by atoms with van der Waals surface area (Å²) in [5.41, 5.74) is 1.13. The van der Waals surface area contributed by atoms with E-state index in [1.165, 1.54) is 4.57 Å². The number of nitrogens with one attached hydrogen (secondary N) is 1.